The minimum atomic E-state index is 0.534. The first-order valence-electron chi connectivity index (χ1n) is 5.61. The molecule has 1 fully saturated rings. The minimum absolute atomic E-state index is 0.534. The zero-order chi connectivity index (χ0) is 10.7. The van der Waals surface area contributed by atoms with E-state index in [2.05, 4.69) is 23.0 Å². The molecule has 0 aliphatic heterocycles. The van der Waals surface area contributed by atoms with Gasteiger partial charge in [-0.2, -0.15) is 0 Å². The second-order valence-electron chi connectivity index (χ2n) is 4.38. The van der Waals surface area contributed by atoms with Gasteiger partial charge < -0.3 is 5.73 Å². The molecule has 2 N–H and O–H groups in total. The molecule has 0 aromatic carbocycles. The SMILES string of the molecule is CN(Cc1ccccn1)C(CN)C1CC1. The van der Waals surface area contributed by atoms with Crippen molar-refractivity contribution >= 4 is 0 Å². The molecule has 3 heteroatoms. The molecule has 1 saturated carbocycles. The van der Waals surface area contributed by atoms with Crippen LogP contribution in [0, 0.1) is 5.92 Å². The maximum atomic E-state index is 5.81. The van der Waals surface area contributed by atoms with E-state index in [-0.39, 0.29) is 0 Å². The Hall–Kier alpha value is -0.930. The van der Waals surface area contributed by atoms with Crippen LogP contribution in [-0.4, -0.2) is 29.5 Å². The average Bonchev–Trinajstić information content (AvgIpc) is 3.04. The van der Waals surface area contributed by atoms with Crippen molar-refractivity contribution in [3.05, 3.63) is 30.1 Å². The summed E-state index contributed by atoms with van der Waals surface area (Å²) in [6.07, 6.45) is 4.53. The highest BCUT2D eigenvalue weighted by molar-refractivity contribution is 5.04. The third-order valence-corrected chi connectivity index (χ3v) is 3.11. The lowest BCUT2D eigenvalue weighted by Gasteiger charge is -2.26. The largest absolute Gasteiger partial charge is 0.329 e. The van der Waals surface area contributed by atoms with Gasteiger partial charge in [0.25, 0.3) is 0 Å². The predicted octanol–water partition coefficient (Wildman–Crippen LogP) is 1.25. The summed E-state index contributed by atoms with van der Waals surface area (Å²) >= 11 is 0. The maximum Gasteiger partial charge on any atom is 0.0543 e. The summed E-state index contributed by atoms with van der Waals surface area (Å²) in [4.78, 5) is 6.67. The Kier molecular flexibility index (Phi) is 3.34. The predicted molar refractivity (Wildman–Crippen MR) is 61.3 cm³/mol. The Bertz CT molecular complexity index is 295. The van der Waals surface area contributed by atoms with Crippen molar-refractivity contribution in [2.45, 2.75) is 25.4 Å². The van der Waals surface area contributed by atoms with Gasteiger partial charge in [-0.1, -0.05) is 6.07 Å². The molecule has 3 nitrogen and oxygen atoms in total. The summed E-state index contributed by atoms with van der Waals surface area (Å²) in [5, 5.41) is 0. The topological polar surface area (TPSA) is 42.2 Å². The van der Waals surface area contributed by atoms with E-state index < -0.39 is 0 Å². The molecule has 1 aliphatic rings. The van der Waals surface area contributed by atoms with Crippen molar-refractivity contribution in [2.75, 3.05) is 13.6 Å². The Labute approximate surface area is 91.3 Å². The number of nitrogens with two attached hydrogens (primary N) is 1. The average molecular weight is 205 g/mol. The number of hydrogen-bond donors (Lipinski definition) is 1. The molecule has 0 bridgehead atoms. The third kappa shape index (κ3) is 2.76. The first-order chi connectivity index (χ1) is 7.31. The van der Waals surface area contributed by atoms with E-state index in [0.29, 0.717) is 6.04 Å². The van der Waals surface area contributed by atoms with Gasteiger partial charge in [0, 0.05) is 25.3 Å². The van der Waals surface area contributed by atoms with Gasteiger partial charge >= 0.3 is 0 Å². The van der Waals surface area contributed by atoms with E-state index >= 15 is 0 Å². The molecular formula is C12H19N3. The summed E-state index contributed by atoms with van der Waals surface area (Å²) in [7, 11) is 2.14. The number of hydrogen-bond acceptors (Lipinski definition) is 3. The van der Waals surface area contributed by atoms with Crippen molar-refractivity contribution in [3.8, 4) is 0 Å². The fraction of sp³-hybridized carbons (Fsp3) is 0.583. The molecule has 0 radical (unpaired) electrons. The highest BCUT2D eigenvalue weighted by atomic mass is 15.2. The summed E-state index contributed by atoms with van der Waals surface area (Å²) in [6, 6.07) is 6.58. The fourth-order valence-corrected chi connectivity index (χ4v) is 2.08. The van der Waals surface area contributed by atoms with Gasteiger partial charge in [0.05, 0.1) is 5.69 Å². The molecule has 0 amide bonds. The smallest absolute Gasteiger partial charge is 0.0543 e. The van der Waals surface area contributed by atoms with Gasteiger partial charge in [0.15, 0.2) is 0 Å². The summed E-state index contributed by atoms with van der Waals surface area (Å²) in [5.74, 6) is 0.823. The maximum absolute atomic E-state index is 5.81. The van der Waals surface area contributed by atoms with Crippen molar-refractivity contribution in [3.63, 3.8) is 0 Å². The van der Waals surface area contributed by atoms with Crippen LogP contribution in [0.1, 0.15) is 18.5 Å². The number of nitrogens with zero attached hydrogens (tertiary/aromatic N) is 2. The number of rotatable bonds is 5. The third-order valence-electron chi connectivity index (χ3n) is 3.11. The Morgan fingerprint density at radius 1 is 1.53 bits per heavy atom. The van der Waals surface area contributed by atoms with E-state index in [4.69, 9.17) is 5.73 Å². The Balaban J connectivity index is 1.93. The quantitative estimate of drug-likeness (QED) is 0.786. The van der Waals surface area contributed by atoms with Crippen LogP contribution in [0.2, 0.25) is 0 Å². The normalized spacial score (nSPS) is 18.1. The van der Waals surface area contributed by atoms with Crippen molar-refractivity contribution in [1.29, 1.82) is 0 Å². The molecule has 1 aromatic rings. The van der Waals surface area contributed by atoms with Crippen LogP contribution in [0.25, 0.3) is 0 Å². The minimum Gasteiger partial charge on any atom is -0.329 e. The van der Waals surface area contributed by atoms with Crippen LogP contribution >= 0.6 is 0 Å². The van der Waals surface area contributed by atoms with Gasteiger partial charge in [-0.3, -0.25) is 9.88 Å². The highest BCUT2D eigenvalue weighted by Gasteiger charge is 2.32. The summed E-state index contributed by atoms with van der Waals surface area (Å²) in [5.41, 5.74) is 6.93. The van der Waals surface area contributed by atoms with Crippen LogP contribution in [0.5, 0.6) is 0 Å². The zero-order valence-electron chi connectivity index (χ0n) is 9.26. The fourth-order valence-electron chi connectivity index (χ4n) is 2.08. The molecule has 0 spiro atoms. The van der Waals surface area contributed by atoms with Gasteiger partial charge in [-0.15, -0.1) is 0 Å². The molecule has 15 heavy (non-hydrogen) atoms. The zero-order valence-corrected chi connectivity index (χ0v) is 9.26. The summed E-state index contributed by atoms with van der Waals surface area (Å²) < 4.78 is 0. The van der Waals surface area contributed by atoms with E-state index in [1.54, 1.807) is 0 Å². The number of aromatic nitrogens is 1. The molecule has 1 aliphatic carbocycles. The first-order valence-corrected chi connectivity index (χ1v) is 5.61. The lowest BCUT2D eigenvalue weighted by Crippen LogP contribution is -2.39. The molecule has 0 saturated heterocycles. The number of pyridine rings is 1. The van der Waals surface area contributed by atoms with Gasteiger partial charge in [-0.05, 0) is 37.9 Å². The second kappa shape index (κ2) is 4.73. The number of likely N-dealkylation sites (N-methyl/N-ethyl adjacent to an activating group) is 1. The molecule has 1 heterocycles. The lowest BCUT2D eigenvalue weighted by atomic mass is 10.1. The van der Waals surface area contributed by atoms with Crippen molar-refractivity contribution in [2.24, 2.45) is 11.7 Å². The molecule has 1 unspecified atom stereocenters. The second-order valence-corrected chi connectivity index (χ2v) is 4.38. The first kappa shape index (κ1) is 10.6. The molecular weight excluding hydrogens is 186 g/mol. The van der Waals surface area contributed by atoms with E-state index in [1.165, 1.54) is 12.8 Å². The molecule has 82 valence electrons. The Morgan fingerprint density at radius 2 is 2.33 bits per heavy atom. The lowest BCUT2D eigenvalue weighted by molar-refractivity contribution is 0.213. The van der Waals surface area contributed by atoms with Gasteiger partial charge in [0.1, 0.15) is 0 Å². The van der Waals surface area contributed by atoms with Crippen LogP contribution in [-0.2, 0) is 6.54 Å². The van der Waals surface area contributed by atoms with Crippen LogP contribution in [0.15, 0.2) is 24.4 Å². The highest BCUT2D eigenvalue weighted by Crippen LogP contribution is 2.34. The van der Waals surface area contributed by atoms with E-state index in [9.17, 15) is 0 Å². The molecule has 1 aromatic heterocycles. The van der Waals surface area contributed by atoms with Gasteiger partial charge in [0.2, 0.25) is 0 Å². The summed E-state index contributed by atoms with van der Waals surface area (Å²) in [6.45, 7) is 1.66. The van der Waals surface area contributed by atoms with Crippen LogP contribution < -0.4 is 5.73 Å². The standard InChI is InChI=1S/C12H19N3/c1-15(12(8-13)10-5-6-10)9-11-4-2-3-7-14-11/h2-4,7,10,12H,5-6,8-9,13H2,1H3. The van der Waals surface area contributed by atoms with Crippen LogP contribution in [0.4, 0.5) is 0 Å². The monoisotopic (exact) mass is 205 g/mol. The van der Waals surface area contributed by atoms with Crippen LogP contribution in [0.3, 0.4) is 0 Å². The van der Waals surface area contributed by atoms with Crippen molar-refractivity contribution in [1.82, 2.24) is 9.88 Å². The van der Waals surface area contributed by atoms with Crippen molar-refractivity contribution < 1.29 is 0 Å². The van der Waals surface area contributed by atoms with Gasteiger partial charge in [-0.25, -0.2) is 0 Å². The van der Waals surface area contributed by atoms with E-state index in [0.717, 1.165) is 24.7 Å². The molecule has 2 rings (SSSR count). The van der Waals surface area contributed by atoms with E-state index in [1.807, 2.05) is 18.3 Å². The molecule has 1 atom stereocenters. The Morgan fingerprint density at radius 3 is 2.87 bits per heavy atom.